The first kappa shape index (κ1) is 22.6. The summed E-state index contributed by atoms with van der Waals surface area (Å²) in [5.74, 6) is -2.04. The molecule has 3 amide bonds. The number of nitrogens with one attached hydrogen (secondary N) is 1. The minimum Gasteiger partial charge on any atom is -0.477 e. The molecule has 9 nitrogen and oxygen atoms in total. The van der Waals surface area contributed by atoms with Crippen molar-refractivity contribution < 1.29 is 29.0 Å². The van der Waals surface area contributed by atoms with Crippen molar-refractivity contribution >= 4 is 70.6 Å². The summed E-state index contributed by atoms with van der Waals surface area (Å²) >= 11 is 14.4. The predicted molar refractivity (Wildman–Crippen MR) is 112 cm³/mol. The highest BCUT2D eigenvalue weighted by Gasteiger charge is 2.54. The highest BCUT2D eigenvalue weighted by atomic mass is 35.5. The Labute approximate surface area is 189 Å². The average Bonchev–Trinajstić information content (AvgIpc) is 2.68. The number of hydrogen-bond acceptors (Lipinski definition) is 7. The zero-order valence-corrected chi connectivity index (χ0v) is 18.2. The molecule has 0 saturated carbocycles. The van der Waals surface area contributed by atoms with Crippen LogP contribution in [-0.2, 0) is 19.1 Å². The monoisotopic (exact) mass is 491 g/mol. The van der Waals surface area contributed by atoms with Crippen LogP contribution in [0.5, 0.6) is 0 Å². The van der Waals surface area contributed by atoms with E-state index in [4.69, 9.17) is 28.9 Å². The van der Waals surface area contributed by atoms with Gasteiger partial charge in [-0.15, -0.1) is 23.5 Å². The number of thioether (sulfide) groups is 2. The van der Waals surface area contributed by atoms with Crippen LogP contribution in [0.2, 0.25) is 10.0 Å². The first-order valence-electron chi connectivity index (χ1n) is 8.38. The van der Waals surface area contributed by atoms with Crippen molar-refractivity contribution in [2.75, 3.05) is 18.1 Å². The number of ether oxygens (including phenoxy) is 1. The van der Waals surface area contributed by atoms with Gasteiger partial charge in [-0.3, -0.25) is 14.5 Å². The van der Waals surface area contributed by atoms with E-state index >= 15 is 0 Å². The summed E-state index contributed by atoms with van der Waals surface area (Å²) in [6, 6.07) is 4.06. The number of primary amides is 1. The summed E-state index contributed by atoms with van der Waals surface area (Å²) in [6.45, 7) is -0.323. The van der Waals surface area contributed by atoms with Crippen LogP contribution in [0.25, 0.3) is 0 Å². The summed E-state index contributed by atoms with van der Waals surface area (Å²) in [6.07, 6.45) is -1.04. The Bertz CT molecular complexity index is 957. The topological polar surface area (TPSA) is 139 Å². The third-order valence-corrected chi connectivity index (χ3v) is 7.28. The maximum atomic E-state index is 12.5. The lowest BCUT2D eigenvalue weighted by Crippen LogP contribution is -2.70. The summed E-state index contributed by atoms with van der Waals surface area (Å²) in [7, 11) is 0. The van der Waals surface area contributed by atoms with Gasteiger partial charge in [0.2, 0.25) is 5.91 Å². The lowest BCUT2D eigenvalue weighted by molar-refractivity contribution is -0.150. The fourth-order valence-electron chi connectivity index (χ4n) is 2.90. The smallest absolute Gasteiger partial charge is 0.404 e. The number of fused-ring (bicyclic) bond motifs is 1. The van der Waals surface area contributed by atoms with Crippen molar-refractivity contribution in [3.05, 3.63) is 39.5 Å². The van der Waals surface area contributed by atoms with Crippen molar-refractivity contribution in [3.63, 3.8) is 0 Å². The summed E-state index contributed by atoms with van der Waals surface area (Å²) in [4.78, 5) is 49.0. The molecule has 2 aliphatic heterocycles. The van der Waals surface area contributed by atoms with E-state index in [-0.39, 0.29) is 29.4 Å². The quantitative estimate of drug-likeness (QED) is 0.388. The van der Waals surface area contributed by atoms with Gasteiger partial charge >= 0.3 is 12.1 Å². The molecular weight excluding hydrogens is 477 g/mol. The fourth-order valence-corrected chi connectivity index (χ4v) is 5.53. The number of nitrogens with zero attached hydrogens (tertiary/aromatic N) is 1. The average molecular weight is 492 g/mol. The number of carbonyl (C=O) groups is 4. The van der Waals surface area contributed by atoms with Crippen LogP contribution in [0.1, 0.15) is 0 Å². The van der Waals surface area contributed by atoms with Gasteiger partial charge in [-0.2, -0.15) is 0 Å². The molecule has 2 unspecified atom stereocenters. The first-order chi connectivity index (χ1) is 14.2. The molecule has 0 aromatic heterocycles. The molecule has 0 bridgehead atoms. The van der Waals surface area contributed by atoms with Crippen LogP contribution in [0, 0.1) is 0 Å². The Morgan fingerprint density at radius 2 is 2.10 bits per heavy atom. The highest BCUT2D eigenvalue weighted by molar-refractivity contribution is 8.00. The number of carbonyl (C=O) groups excluding carboxylic acids is 3. The molecule has 3 rings (SSSR count). The summed E-state index contributed by atoms with van der Waals surface area (Å²) in [5.41, 5.74) is 4.92. The summed E-state index contributed by atoms with van der Waals surface area (Å²) in [5, 5.41) is 12.5. The van der Waals surface area contributed by atoms with Gasteiger partial charge in [-0.1, -0.05) is 23.2 Å². The Balaban J connectivity index is 1.62. The third-order valence-electron chi connectivity index (χ3n) is 4.21. The molecule has 0 spiro atoms. The minimum absolute atomic E-state index is 0.0157. The van der Waals surface area contributed by atoms with Gasteiger partial charge in [0.25, 0.3) is 5.91 Å². The number of β-lactam (4-membered cyclic amide) rings is 1. The molecule has 30 heavy (non-hydrogen) atoms. The SMILES string of the molecule is NC(=O)OCC1=C(C(=O)O)N2C(=O)C(NC(=O)CSc3ccc(Cl)cc3Cl)C2SC1. The minimum atomic E-state index is -1.32. The Morgan fingerprint density at radius 1 is 1.37 bits per heavy atom. The third kappa shape index (κ3) is 4.80. The Kier molecular flexibility index (Phi) is 7.06. The van der Waals surface area contributed by atoms with Crippen LogP contribution in [0.15, 0.2) is 34.4 Å². The molecule has 13 heteroatoms. The van der Waals surface area contributed by atoms with E-state index in [1.54, 1.807) is 18.2 Å². The van der Waals surface area contributed by atoms with Gasteiger partial charge in [0, 0.05) is 21.2 Å². The number of amides is 3. The summed E-state index contributed by atoms with van der Waals surface area (Å²) < 4.78 is 4.66. The molecular formula is C17H15Cl2N3O6S2. The van der Waals surface area contributed by atoms with Gasteiger partial charge in [0.15, 0.2) is 0 Å². The van der Waals surface area contributed by atoms with Crippen molar-refractivity contribution in [2.24, 2.45) is 5.73 Å². The Morgan fingerprint density at radius 3 is 2.73 bits per heavy atom. The fraction of sp³-hybridized carbons (Fsp3) is 0.294. The van der Waals surface area contributed by atoms with Crippen molar-refractivity contribution in [2.45, 2.75) is 16.3 Å². The number of rotatable bonds is 7. The van der Waals surface area contributed by atoms with Gasteiger partial charge < -0.3 is 20.9 Å². The molecule has 2 atom stereocenters. The van der Waals surface area contributed by atoms with Gasteiger partial charge in [0.1, 0.15) is 23.7 Å². The zero-order valence-electron chi connectivity index (χ0n) is 15.1. The van der Waals surface area contributed by atoms with E-state index < -0.39 is 35.3 Å². The highest BCUT2D eigenvalue weighted by Crippen LogP contribution is 2.40. The van der Waals surface area contributed by atoms with Crippen molar-refractivity contribution in [3.8, 4) is 0 Å². The second-order valence-electron chi connectivity index (χ2n) is 6.18. The molecule has 1 fully saturated rings. The maximum Gasteiger partial charge on any atom is 0.404 e. The van der Waals surface area contributed by atoms with Gasteiger partial charge in [-0.05, 0) is 18.2 Å². The van der Waals surface area contributed by atoms with Crippen LogP contribution in [0.3, 0.4) is 0 Å². The lowest BCUT2D eigenvalue weighted by Gasteiger charge is -2.49. The molecule has 2 aliphatic rings. The first-order valence-corrected chi connectivity index (χ1v) is 11.2. The molecule has 2 heterocycles. The van der Waals surface area contributed by atoms with E-state index in [2.05, 4.69) is 10.1 Å². The van der Waals surface area contributed by atoms with Crippen molar-refractivity contribution in [1.29, 1.82) is 0 Å². The van der Waals surface area contributed by atoms with Crippen LogP contribution >= 0.6 is 46.7 Å². The molecule has 1 aromatic carbocycles. The normalized spacial score (nSPS) is 20.3. The van der Waals surface area contributed by atoms with E-state index in [0.29, 0.717) is 14.9 Å². The number of carboxylic acid groups (broad SMARTS) is 1. The second-order valence-corrected chi connectivity index (χ2v) is 9.15. The standard InChI is InChI=1S/C17H15Cl2N3O6S2/c18-8-1-2-10(9(19)3-8)29-6-11(23)21-12-14(24)22-13(16(25)26)7(4-28-17(20)27)5-30-15(12)22/h1-3,12,15H,4-6H2,(H2,20,27)(H,21,23)(H,25,26). The number of aliphatic carboxylic acids is 1. The number of benzene rings is 1. The van der Waals surface area contributed by atoms with Crippen LogP contribution in [0.4, 0.5) is 4.79 Å². The zero-order chi connectivity index (χ0) is 22.0. The van der Waals surface area contributed by atoms with Crippen LogP contribution < -0.4 is 11.1 Å². The van der Waals surface area contributed by atoms with Gasteiger partial charge in [0.05, 0.1) is 10.8 Å². The molecule has 0 aliphatic carbocycles. The van der Waals surface area contributed by atoms with E-state index in [9.17, 15) is 24.3 Å². The van der Waals surface area contributed by atoms with E-state index in [1.165, 1.54) is 23.5 Å². The largest absolute Gasteiger partial charge is 0.477 e. The molecule has 0 radical (unpaired) electrons. The molecule has 1 aromatic rings. The molecule has 160 valence electrons. The number of nitrogens with two attached hydrogens (primary N) is 1. The second kappa shape index (κ2) is 9.38. The Hall–Kier alpha value is -2.08. The lowest BCUT2D eigenvalue weighted by atomic mass is 10.0. The van der Waals surface area contributed by atoms with Crippen molar-refractivity contribution in [1.82, 2.24) is 10.2 Å². The predicted octanol–water partition coefficient (Wildman–Crippen LogP) is 1.92. The molecule has 4 N–H and O–H groups in total. The van der Waals surface area contributed by atoms with E-state index in [0.717, 1.165) is 4.90 Å². The van der Waals surface area contributed by atoms with E-state index in [1.807, 2.05) is 0 Å². The number of halogens is 2. The number of hydrogen-bond donors (Lipinski definition) is 3. The molecule has 1 saturated heterocycles. The number of carboxylic acids is 1. The maximum absolute atomic E-state index is 12.5. The van der Waals surface area contributed by atoms with Gasteiger partial charge in [-0.25, -0.2) is 9.59 Å². The van der Waals surface area contributed by atoms with Crippen LogP contribution in [-0.4, -0.2) is 63.4 Å².